The molecule has 21 heavy (non-hydrogen) atoms. The van der Waals surface area contributed by atoms with Crippen molar-refractivity contribution in [2.75, 3.05) is 7.11 Å². The van der Waals surface area contributed by atoms with Gasteiger partial charge in [-0.15, -0.1) is 0 Å². The maximum atomic E-state index is 6.53. The summed E-state index contributed by atoms with van der Waals surface area (Å²) < 4.78 is 5.51. The van der Waals surface area contributed by atoms with Crippen molar-refractivity contribution >= 4 is 0 Å². The van der Waals surface area contributed by atoms with Crippen molar-refractivity contribution in [3.8, 4) is 5.75 Å². The average molecular weight is 281 g/mol. The summed E-state index contributed by atoms with van der Waals surface area (Å²) in [5, 5.41) is 0. The Kier molecular flexibility index (Phi) is 3.98. The van der Waals surface area contributed by atoms with Crippen molar-refractivity contribution in [1.82, 2.24) is 0 Å². The molecule has 0 fully saturated rings. The Balaban J connectivity index is 1.85. The Labute approximate surface area is 126 Å². The molecule has 2 N–H and O–H groups in total. The topological polar surface area (TPSA) is 35.2 Å². The van der Waals surface area contributed by atoms with Crippen LogP contribution in [0.25, 0.3) is 0 Å². The van der Waals surface area contributed by atoms with E-state index in [4.69, 9.17) is 10.5 Å². The second-order valence-electron chi connectivity index (χ2n) is 6.04. The van der Waals surface area contributed by atoms with Crippen LogP contribution in [-0.4, -0.2) is 7.11 Å². The van der Waals surface area contributed by atoms with Crippen molar-refractivity contribution in [1.29, 1.82) is 0 Å². The molecule has 0 heterocycles. The zero-order valence-electron chi connectivity index (χ0n) is 12.8. The van der Waals surface area contributed by atoms with Crippen LogP contribution >= 0.6 is 0 Å². The van der Waals surface area contributed by atoms with Gasteiger partial charge in [-0.1, -0.05) is 42.0 Å². The van der Waals surface area contributed by atoms with E-state index in [-0.39, 0.29) is 6.04 Å². The number of benzene rings is 2. The van der Waals surface area contributed by atoms with Gasteiger partial charge in [0.1, 0.15) is 5.75 Å². The fraction of sp³-hybridized carbons (Fsp3) is 0.368. The van der Waals surface area contributed by atoms with E-state index in [0.29, 0.717) is 5.92 Å². The molecular weight excluding hydrogens is 258 g/mol. The Bertz CT molecular complexity index is 635. The first-order valence-corrected chi connectivity index (χ1v) is 7.66. The van der Waals surface area contributed by atoms with Crippen LogP contribution < -0.4 is 10.5 Å². The number of nitrogens with two attached hydrogens (primary N) is 1. The quantitative estimate of drug-likeness (QED) is 0.928. The summed E-state index contributed by atoms with van der Waals surface area (Å²) >= 11 is 0. The van der Waals surface area contributed by atoms with Crippen molar-refractivity contribution < 1.29 is 4.74 Å². The second-order valence-corrected chi connectivity index (χ2v) is 6.04. The molecule has 0 saturated heterocycles. The molecule has 2 unspecified atom stereocenters. The van der Waals surface area contributed by atoms with Gasteiger partial charge in [-0.3, -0.25) is 0 Å². The fourth-order valence-corrected chi connectivity index (χ4v) is 3.44. The summed E-state index contributed by atoms with van der Waals surface area (Å²) in [6.45, 7) is 2.12. The van der Waals surface area contributed by atoms with Crippen molar-refractivity contribution in [2.45, 2.75) is 32.2 Å². The first-order valence-electron chi connectivity index (χ1n) is 7.66. The van der Waals surface area contributed by atoms with Gasteiger partial charge < -0.3 is 10.5 Å². The first kappa shape index (κ1) is 14.2. The lowest BCUT2D eigenvalue weighted by Crippen LogP contribution is -2.28. The molecule has 0 saturated carbocycles. The van der Waals surface area contributed by atoms with Crippen LogP contribution in [0.4, 0.5) is 0 Å². The average Bonchev–Trinajstić information content (AvgIpc) is 2.51. The third-order valence-corrected chi connectivity index (χ3v) is 4.62. The van der Waals surface area contributed by atoms with E-state index < -0.39 is 0 Å². The summed E-state index contributed by atoms with van der Waals surface area (Å²) in [4.78, 5) is 0. The summed E-state index contributed by atoms with van der Waals surface area (Å²) in [5.74, 6) is 1.46. The van der Waals surface area contributed by atoms with Crippen LogP contribution in [0.1, 0.15) is 34.7 Å². The number of methoxy groups -OCH3 is 1. The molecule has 0 spiro atoms. The molecule has 2 nitrogen and oxygen atoms in total. The van der Waals surface area contributed by atoms with E-state index in [1.165, 1.54) is 22.3 Å². The third-order valence-electron chi connectivity index (χ3n) is 4.62. The number of fused-ring (bicyclic) bond motifs is 1. The van der Waals surface area contributed by atoms with Gasteiger partial charge in [0.15, 0.2) is 0 Å². The van der Waals surface area contributed by atoms with E-state index >= 15 is 0 Å². The SMILES string of the molecule is COc1ccc(C)cc1CC1CCc2ccccc2C1N. The van der Waals surface area contributed by atoms with Crippen LogP contribution in [0.3, 0.4) is 0 Å². The van der Waals surface area contributed by atoms with Crippen LogP contribution in [0.2, 0.25) is 0 Å². The lowest BCUT2D eigenvalue weighted by atomic mass is 9.77. The Morgan fingerprint density at radius 2 is 2.00 bits per heavy atom. The van der Waals surface area contributed by atoms with Gasteiger partial charge in [0.05, 0.1) is 7.11 Å². The van der Waals surface area contributed by atoms with Gasteiger partial charge in [-0.25, -0.2) is 0 Å². The van der Waals surface area contributed by atoms with E-state index in [0.717, 1.165) is 25.0 Å². The molecule has 2 atom stereocenters. The molecule has 0 bridgehead atoms. The molecule has 1 aliphatic rings. The molecule has 0 radical (unpaired) electrons. The number of ether oxygens (including phenoxy) is 1. The lowest BCUT2D eigenvalue weighted by Gasteiger charge is -2.31. The van der Waals surface area contributed by atoms with Gasteiger partial charge >= 0.3 is 0 Å². The molecule has 3 rings (SSSR count). The highest BCUT2D eigenvalue weighted by Crippen LogP contribution is 2.36. The summed E-state index contributed by atoms with van der Waals surface area (Å²) in [7, 11) is 1.74. The summed E-state index contributed by atoms with van der Waals surface area (Å²) in [6.07, 6.45) is 3.26. The lowest BCUT2D eigenvalue weighted by molar-refractivity contribution is 0.362. The second kappa shape index (κ2) is 5.90. The summed E-state index contributed by atoms with van der Waals surface area (Å²) in [5.41, 5.74) is 11.8. The van der Waals surface area contributed by atoms with Gasteiger partial charge in [0.25, 0.3) is 0 Å². The van der Waals surface area contributed by atoms with Crippen LogP contribution in [0.15, 0.2) is 42.5 Å². The molecular formula is C19H23NO. The predicted molar refractivity (Wildman–Crippen MR) is 86.6 cm³/mol. The van der Waals surface area contributed by atoms with Gasteiger partial charge in [0.2, 0.25) is 0 Å². The molecule has 2 heteroatoms. The number of hydrogen-bond acceptors (Lipinski definition) is 2. The van der Waals surface area contributed by atoms with Gasteiger partial charge in [0, 0.05) is 6.04 Å². The Morgan fingerprint density at radius 3 is 2.81 bits per heavy atom. The van der Waals surface area contributed by atoms with Crippen LogP contribution in [-0.2, 0) is 12.8 Å². The van der Waals surface area contributed by atoms with Crippen molar-refractivity contribution in [3.05, 3.63) is 64.7 Å². The number of hydrogen-bond donors (Lipinski definition) is 1. The molecule has 2 aromatic rings. The van der Waals surface area contributed by atoms with E-state index in [1.54, 1.807) is 7.11 Å². The zero-order chi connectivity index (χ0) is 14.8. The largest absolute Gasteiger partial charge is 0.496 e. The van der Waals surface area contributed by atoms with E-state index in [9.17, 15) is 0 Å². The standard InChI is InChI=1S/C19H23NO/c1-13-7-10-18(21-2)16(11-13)12-15-9-8-14-5-3-4-6-17(14)19(15)20/h3-7,10-11,15,19H,8-9,12,20H2,1-2H3. The molecule has 110 valence electrons. The van der Waals surface area contributed by atoms with Gasteiger partial charge in [-0.05, 0) is 54.9 Å². The summed E-state index contributed by atoms with van der Waals surface area (Å²) in [6, 6.07) is 15.1. The Hall–Kier alpha value is -1.80. The molecule has 0 amide bonds. The molecule has 0 aliphatic heterocycles. The van der Waals surface area contributed by atoms with Crippen LogP contribution in [0, 0.1) is 12.8 Å². The number of aryl methyl sites for hydroxylation is 2. The molecule has 1 aliphatic carbocycles. The normalized spacial score (nSPS) is 20.9. The highest BCUT2D eigenvalue weighted by molar-refractivity contribution is 5.39. The highest BCUT2D eigenvalue weighted by atomic mass is 16.5. The molecule has 2 aromatic carbocycles. The predicted octanol–water partition coefficient (Wildman–Crippen LogP) is 3.81. The smallest absolute Gasteiger partial charge is 0.122 e. The van der Waals surface area contributed by atoms with Crippen LogP contribution in [0.5, 0.6) is 5.75 Å². The minimum Gasteiger partial charge on any atom is -0.496 e. The van der Waals surface area contributed by atoms with Crippen molar-refractivity contribution in [2.24, 2.45) is 11.7 Å². The van der Waals surface area contributed by atoms with Gasteiger partial charge in [-0.2, -0.15) is 0 Å². The first-order chi connectivity index (χ1) is 10.2. The van der Waals surface area contributed by atoms with E-state index in [1.807, 2.05) is 0 Å². The maximum absolute atomic E-state index is 6.53. The fourth-order valence-electron chi connectivity index (χ4n) is 3.44. The number of rotatable bonds is 3. The zero-order valence-corrected chi connectivity index (χ0v) is 12.8. The molecule has 0 aromatic heterocycles. The third kappa shape index (κ3) is 2.81. The monoisotopic (exact) mass is 281 g/mol. The maximum Gasteiger partial charge on any atom is 0.122 e. The Morgan fingerprint density at radius 1 is 1.19 bits per heavy atom. The minimum absolute atomic E-state index is 0.125. The van der Waals surface area contributed by atoms with Crippen molar-refractivity contribution in [3.63, 3.8) is 0 Å². The van der Waals surface area contributed by atoms with E-state index in [2.05, 4.69) is 49.4 Å². The highest BCUT2D eigenvalue weighted by Gasteiger charge is 2.27. The minimum atomic E-state index is 0.125.